The number of hydrogen-bond acceptors (Lipinski definition) is 5. The Labute approximate surface area is 102 Å². The summed E-state index contributed by atoms with van der Waals surface area (Å²) < 4.78 is 23.4. The number of benzene rings is 1. The summed E-state index contributed by atoms with van der Waals surface area (Å²) in [4.78, 5) is 18.5. The number of carbonyl (C=O) groups excluding carboxylic acids is 1. The molecule has 2 rings (SSSR count). The number of esters is 1. The van der Waals surface area contributed by atoms with Gasteiger partial charge in [-0.2, -0.15) is 0 Å². The van der Waals surface area contributed by atoms with Crippen LogP contribution in [0.15, 0.2) is 36.7 Å². The van der Waals surface area contributed by atoms with Gasteiger partial charge < -0.3 is 9.47 Å². The van der Waals surface area contributed by atoms with E-state index < -0.39 is 11.8 Å². The zero-order valence-corrected chi connectivity index (χ0v) is 9.46. The molecule has 0 amide bonds. The number of para-hydroxylation sites is 1. The van der Waals surface area contributed by atoms with Crippen LogP contribution in [0.4, 0.5) is 4.39 Å². The first kappa shape index (κ1) is 12.0. The average molecular weight is 248 g/mol. The van der Waals surface area contributed by atoms with E-state index in [0.717, 1.165) is 0 Å². The van der Waals surface area contributed by atoms with Gasteiger partial charge in [-0.3, -0.25) is 4.79 Å². The van der Waals surface area contributed by atoms with Crippen LogP contribution in [0.5, 0.6) is 17.5 Å². The van der Waals surface area contributed by atoms with E-state index >= 15 is 0 Å². The quantitative estimate of drug-likeness (QED) is 0.780. The van der Waals surface area contributed by atoms with Gasteiger partial charge in [-0.15, -0.1) is 0 Å². The lowest BCUT2D eigenvalue weighted by atomic mass is 10.3. The van der Waals surface area contributed by atoms with E-state index in [2.05, 4.69) is 9.97 Å². The van der Waals surface area contributed by atoms with Crippen LogP contribution in [-0.2, 0) is 4.79 Å². The van der Waals surface area contributed by atoms with Crippen molar-refractivity contribution in [1.82, 2.24) is 9.97 Å². The van der Waals surface area contributed by atoms with Gasteiger partial charge in [0, 0.05) is 19.3 Å². The van der Waals surface area contributed by atoms with E-state index in [4.69, 9.17) is 9.47 Å². The molecule has 2 aromatic rings. The minimum Gasteiger partial charge on any atom is -0.432 e. The van der Waals surface area contributed by atoms with Crippen molar-refractivity contribution < 1.29 is 18.7 Å². The number of hydrogen-bond donors (Lipinski definition) is 0. The van der Waals surface area contributed by atoms with E-state index in [9.17, 15) is 9.18 Å². The summed E-state index contributed by atoms with van der Waals surface area (Å²) in [5.41, 5.74) is 0. The molecule has 0 aliphatic carbocycles. The lowest BCUT2D eigenvalue weighted by Gasteiger charge is -2.08. The van der Waals surface area contributed by atoms with Gasteiger partial charge in [-0.25, -0.2) is 14.4 Å². The third kappa shape index (κ3) is 2.79. The highest BCUT2D eigenvalue weighted by Gasteiger charge is 2.13. The molecule has 6 heteroatoms. The number of nitrogens with zero attached hydrogens (tertiary/aromatic N) is 2. The molecule has 0 radical (unpaired) electrons. The molecule has 0 fully saturated rings. The zero-order chi connectivity index (χ0) is 13.0. The maximum atomic E-state index is 13.4. The highest BCUT2D eigenvalue weighted by molar-refractivity contribution is 5.69. The third-order valence-electron chi connectivity index (χ3n) is 1.92. The van der Waals surface area contributed by atoms with Crippen molar-refractivity contribution >= 4 is 5.97 Å². The molecule has 0 saturated carbocycles. The number of ether oxygens (including phenoxy) is 2. The maximum absolute atomic E-state index is 13.4. The van der Waals surface area contributed by atoms with Crippen molar-refractivity contribution in [2.75, 3.05) is 0 Å². The lowest BCUT2D eigenvalue weighted by molar-refractivity contribution is -0.132. The summed E-state index contributed by atoms with van der Waals surface area (Å²) in [6.45, 7) is 1.22. The van der Waals surface area contributed by atoms with E-state index in [1.165, 1.54) is 37.5 Å². The number of rotatable bonds is 3. The first-order valence-corrected chi connectivity index (χ1v) is 5.08. The van der Waals surface area contributed by atoms with E-state index in [0.29, 0.717) is 0 Å². The molecule has 0 unspecified atom stereocenters. The number of aromatic nitrogens is 2. The molecule has 1 aromatic heterocycles. The van der Waals surface area contributed by atoms with Gasteiger partial charge in [0.1, 0.15) is 0 Å². The molecule has 0 aliphatic rings. The van der Waals surface area contributed by atoms with Crippen molar-refractivity contribution in [1.29, 1.82) is 0 Å². The highest BCUT2D eigenvalue weighted by atomic mass is 19.1. The Balaban J connectivity index is 2.29. The summed E-state index contributed by atoms with van der Waals surface area (Å²) in [6, 6.07) is 5.82. The van der Waals surface area contributed by atoms with E-state index in [1.54, 1.807) is 6.07 Å². The minimum atomic E-state index is -0.561. The Morgan fingerprint density at radius 1 is 1.17 bits per heavy atom. The molecule has 92 valence electrons. The van der Waals surface area contributed by atoms with Crippen LogP contribution in [0.2, 0.25) is 0 Å². The average Bonchev–Trinajstić information content (AvgIpc) is 2.34. The van der Waals surface area contributed by atoms with Gasteiger partial charge in [0.25, 0.3) is 11.8 Å². The van der Waals surface area contributed by atoms with Crippen molar-refractivity contribution in [2.24, 2.45) is 0 Å². The predicted molar refractivity (Wildman–Crippen MR) is 59.8 cm³/mol. The van der Waals surface area contributed by atoms with Crippen molar-refractivity contribution in [2.45, 2.75) is 6.92 Å². The van der Waals surface area contributed by atoms with Crippen LogP contribution in [0, 0.1) is 5.82 Å². The summed E-state index contributed by atoms with van der Waals surface area (Å²) in [5, 5.41) is 0. The Bertz CT molecular complexity index is 575. The molecule has 0 saturated heterocycles. The Kier molecular flexibility index (Phi) is 3.47. The van der Waals surface area contributed by atoms with Crippen LogP contribution in [0.3, 0.4) is 0 Å². The topological polar surface area (TPSA) is 61.3 Å². The van der Waals surface area contributed by atoms with Crippen LogP contribution >= 0.6 is 0 Å². The first-order chi connectivity index (χ1) is 8.66. The summed E-state index contributed by atoms with van der Waals surface area (Å²) in [7, 11) is 0. The van der Waals surface area contributed by atoms with Gasteiger partial charge in [0.05, 0.1) is 0 Å². The van der Waals surface area contributed by atoms with E-state index in [1.807, 2.05) is 0 Å². The molecule has 1 heterocycles. The van der Waals surface area contributed by atoms with Crippen molar-refractivity contribution in [3.8, 4) is 17.5 Å². The standard InChI is InChI=1S/C12H9FN2O3/c1-8(16)17-11-12(15-7-6-14-11)18-10-5-3-2-4-9(10)13/h2-7H,1H3. The molecule has 0 aliphatic heterocycles. The van der Waals surface area contributed by atoms with Crippen LogP contribution in [0.1, 0.15) is 6.92 Å². The predicted octanol–water partition coefficient (Wildman–Crippen LogP) is 2.33. The normalized spacial score (nSPS) is 9.89. The van der Waals surface area contributed by atoms with Gasteiger partial charge in [-0.1, -0.05) is 12.1 Å². The third-order valence-corrected chi connectivity index (χ3v) is 1.92. The fourth-order valence-corrected chi connectivity index (χ4v) is 1.22. The Morgan fingerprint density at radius 3 is 2.50 bits per heavy atom. The molecular formula is C12H9FN2O3. The molecule has 0 N–H and O–H groups in total. The fourth-order valence-electron chi connectivity index (χ4n) is 1.22. The second-order valence-electron chi connectivity index (χ2n) is 3.29. The molecular weight excluding hydrogens is 239 g/mol. The summed E-state index contributed by atoms with van der Waals surface area (Å²) in [5.74, 6) is -1.30. The summed E-state index contributed by atoms with van der Waals surface area (Å²) in [6.07, 6.45) is 2.69. The molecule has 5 nitrogen and oxygen atoms in total. The summed E-state index contributed by atoms with van der Waals surface area (Å²) >= 11 is 0. The number of halogens is 1. The van der Waals surface area contributed by atoms with Gasteiger partial charge in [0.2, 0.25) is 0 Å². The van der Waals surface area contributed by atoms with Gasteiger partial charge >= 0.3 is 5.97 Å². The monoisotopic (exact) mass is 248 g/mol. The van der Waals surface area contributed by atoms with E-state index in [-0.39, 0.29) is 17.5 Å². The van der Waals surface area contributed by atoms with Crippen LogP contribution in [0.25, 0.3) is 0 Å². The molecule has 1 aromatic carbocycles. The Morgan fingerprint density at radius 2 is 1.83 bits per heavy atom. The smallest absolute Gasteiger partial charge is 0.309 e. The zero-order valence-electron chi connectivity index (χ0n) is 9.46. The highest BCUT2D eigenvalue weighted by Crippen LogP contribution is 2.28. The molecule has 0 bridgehead atoms. The first-order valence-electron chi connectivity index (χ1n) is 5.08. The lowest BCUT2D eigenvalue weighted by Crippen LogP contribution is -2.05. The minimum absolute atomic E-state index is 0.0218. The molecule has 0 spiro atoms. The molecule has 18 heavy (non-hydrogen) atoms. The second-order valence-corrected chi connectivity index (χ2v) is 3.29. The fraction of sp³-hybridized carbons (Fsp3) is 0.0833. The second kappa shape index (κ2) is 5.22. The van der Waals surface area contributed by atoms with Crippen LogP contribution < -0.4 is 9.47 Å². The largest absolute Gasteiger partial charge is 0.432 e. The molecule has 0 atom stereocenters. The van der Waals surface area contributed by atoms with Crippen molar-refractivity contribution in [3.63, 3.8) is 0 Å². The van der Waals surface area contributed by atoms with Crippen LogP contribution in [-0.4, -0.2) is 15.9 Å². The van der Waals surface area contributed by atoms with Gasteiger partial charge in [0.15, 0.2) is 11.6 Å². The Hall–Kier alpha value is -2.50. The SMILES string of the molecule is CC(=O)Oc1nccnc1Oc1ccccc1F. The van der Waals surface area contributed by atoms with Crippen molar-refractivity contribution in [3.05, 3.63) is 42.5 Å². The number of carbonyl (C=O) groups is 1. The maximum Gasteiger partial charge on any atom is 0.309 e. The van der Waals surface area contributed by atoms with Gasteiger partial charge in [-0.05, 0) is 12.1 Å².